The van der Waals surface area contributed by atoms with Crippen molar-refractivity contribution in [2.24, 2.45) is 0 Å². The Morgan fingerprint density at radius 3 is 2.76 bits per heavy atom. The van der Waals surface area contributed by atoms with Crippen LogP contribution in [0.1, 0.15) is 16.8 Å². The average molecular weight is 329 g/mol. The summed E-state index contributed by atoms with van der Waals surface area (Å²) in [5, 5.41) is 11.6. The first kappa shape index (κ1) is 15.8. The Kier molecular flexibility index (Phi) is 4.89. The van der Waals surface area contributed by atoms with Crippen LogP contribution in [0.15, 0.2) is 29.2 Å². The molecule has 1 aromatic carbocycles. The van der Waals surface area contributed by atoms with Gasteiger partial charge in [0, 0.05) is 10.9 Å². The fourth-order valence-electron chi connectivity index (χ4n) is 2.05. The molecule has 1 atom stereocenters. The zero-order chi connectivity index (χ0) is 15.5. The number of hydrogen-bond donors (Lipinski definition) is 2. The third-order valence-electron chi connectivity index (χ3n) is 3.05. The van der Waals surface area contributed by atoms with Crippen molar-refractivity contribution in [3.63, 3.8) is 0 Å². The maximum absolute atomic E-state index is 11.8. The van der Waals surface area contributed by atoms with Crippen LogP contribution in [0.2, 0.25) is 0 Å². The highest BCUT2D eigenvalue weighted by atomic mass is 32.2. The first-order valence-electron chi connectivity index (χ1n) is 6.32. The van der Waals surface area contributed by atoms with Crippen molar-refractivity contribution < 1.29 is 23.1 Å². The molecule has 1 aliphatic rings. The van der Waals surface area contributed by atoms with E-state index < -0.39 is 15.8 Å². The molecule has 1 unspecified atom stereocenters. The Labute approximate surface area is 126 Å². The number of amides is 1. The van der Waals surface area contributed by atoms with Crippen LogP contribution >= 0.6 is 11.8 Å². The number of nitrogens with one attached hydrogen (secondary N) is 1. The van der Waals surface area contributed by atoms with E-state index in [4.69, 9.17) is 5.11 Å². The van der Waals surface area contributed by atoms with E-state index in [9.17, 15) is 18.0 Å². The number of carbonyl (C=O) groups is 2. The van der Waals surface area contributed by atoms with Crippen LogP contribution in [0.3, 0.4) is 0 Å². The van der Waals surface area contributed by atoms with Crippen LogP contribution in [0.4, 0.5) is 0 Å². The highest BCUT2D eigenvalue weighted by molar-refractivity contribution is 8.00. The van der Waals surface area contributed by atoms with E-state index >= 15 is 0 Å². The van der Waals surface area contributed by atoms with Crippen molar-refractivity contribution in [1.29, 1.82) is 0 Å². The zero-order valence-corrected chi connectivity index (χ0v) is 12.7. The van der Waals surface area contributed by atoms with E-state index in [1.807, 2.05) is 0 Å². The first-order valence-corrected chi connectivity index (χ1v) is 9.12. The summed E-state index contributed by atoms with van der Waals surface area (Å²) < 4.78 is 22.6. The summed E-state index contributed by atoms with van der Waals surface area (Å²) in [6.07, 6.45) is 0.452. The highest BCUT2D eigenvalue weighted by Gasteiger charge is 2.28. The zero-order valence-electron chi connectivity index (χ0n) is 11.1. The van der Waals surface area contributed by atoms with Crippen LogP contribution in [-0.2, 0) is 14.6 Å². The molecule has 21 heavy (non-hydrogen) atoms. The van der Waals surface area contributed by atoms with Gasteiger partial charge >= 0.3 is 5.97 Å². The van der Waals surface area contributed by atoms with Gasteiger partial charge in [-0.25, -0.2) is 13.2 Å². The van der Waals surface area contributed by atoms with Crippen LogP contribution in [0.25, 0.3) is 0 Å². The van der Waals surface area contributed by atoms with Crippen LogP contribution < -0.4 is 5.32 Å². The smallest absolute Gasteiger partial charge is 0.335 e. The van der Waals surface area contributed by atoms with Gasteiger partial charge in [0.1, 0.15) is 0 Å². The number of carbonyl (C=O) groups excluding carboxylic acids is 1. The number of hydrogen-bond acceptors (Lipinski definition) is 5. The van der Waals surface area contributed by atoms with E-state index in [0.717, 1.165) is 0 Å². The number of thioether (sulfide) groups is 1. The van der Waals surface area contributed by atoms with Gasteiger partial charge in [-0.05, 0) is 24.6 Å². The lowest BCUT2D eigenvalue weighted by Crippen LogP contribution is -2.36. The molecule has 1 amide bonds. The number of benzene rings is 1. The number of sulfone groups is 1. The van der Waals surface area contributed by atoms with E-state index in [-0.39, 0.29) is 34.8 Å². The maximum Gasteiger partial charge on any atom is 0.335 e. The van der Waals surface area contributed by atoms with Gasteiger partial charge in [0.2, 0.25) is 5.91 Å². The average Bonchev–Trinajstić information content (AvgIpc) is 2.76. The van der Waals surface area contributed by atoms with Crippen molar-refractivity contribution in [2.45, 2.75) is 17.4 Å². The predicted octanol–water partition coefficient (Wildman–Crippen LogP) is 0.780. The van der Waals surface area contributed by atoms with E-state index in [0.29, 0.717) is 11.3 Å². The molecule has 0 spiro atoms. The molecule has 0 bridgehead atoms. The summed E-state index contributed by atoms with van der Waals surface area (Å²) in [5.41, 5.74) is 0.169. The maximum atomic E-state index is 11.8. The van der Waals surface area contributed by atoms with Gasteiger partial charge in [0.25, 0.3) is 0 Å². The summed E-state index contributed by atoms with van der Waals surface area (Å²) in [4.78, 5) is 23.3. The molecule has 1 fully saturated rings. The number of carboxylic acid groups (broad SMARTS) is 1. The van der Waals surface area contributed by atoms with Crippen molar-refractivity contribution in [3.8, 4) is 0 Å². The summed E-state index contributed by atoms with van der Waals surface area (Å²) >= 11 is 1.22. The van der Waals surface area contributed by atoms with Crippen molar-refractivity contribution in [3.05, 3.63) is 29.8 Å². The molecule has 1 aliphatic heterocycles. The van der Waals surface area contributed by atoms with E-state index in [1.54, 1.807) is 12.1 Å². The second-order valence-electron chi connectivity index (χ2n) is 4.79. The summed E-state index contributed by atoms with van der Waals surface area (Å²) in [6, 6.07) is 6.02. The molecule has 114 valence electrons. The largest absolute Gasteiger partial charge is 0.478 e. The standard InChI is InChI=1S/C13H15NO5S2/c15-12(14-10-4-5-21(18,19)8-10)7-20-11-3-1-2-9(6-11)13(16)17/h1-3,6,10H,4-5,7-8H2,(H,14,15)(H,16,17). The Bertz CT molecular complexity index is 656. The van der Waals surface area contributed by atoms with Crippen molar-refractivity contribution in [2.75, 3.05) is 17.3 Å². The Morgan fingerprint density at radius 2 is 2.14 bits per heavy atom. The van der Waals surface area contributed by atoms with Gasteiger partial charge in [-0.3, -0.25) is 4.79 Å². The fraction of sp³-hybridized carbons (Fsp3) is 0.385. The summed E-state index contributed by atoms with van der Waals surface area (Å²) in [7, 11) is -3.01. The minimum absolute atomic E-state index is 0.00208. The Balaban J connectivity index is 1.84. The lowest BCUT2D eigenvalue weighted by atomic mass is 10.2. The molecule has 0 aliphatic carbocycles. The first-order chi connectivity index (χ1) is 9.85. The molecule has 1 saturated heterocycles. The normalized spacial score (nSPS) is 20.1. The summed E-state index contributed by atoms with van der Waals surface area (Å²) in [6.45, 7) is 0. The molecule has 8 heteroatoms. The number of aromatic carboxylic acids is 1. The minimum Gasteiger partial charge on any atom is -0.478 e. The molecule has 0 aromatic heterocycles. The lowest BCUT2D eigenvalue weighted by molar-refractivity contribution is -0.119. The third kappa shape index (κ3) is 4.75. The van der Waals surface area contributed by atoms with Gasteiger partial charge in [0.05, 0.1) is 22.8 Å². The third-order valence-corrected chi connectivity index (χ3v) is 5.81. The highest BCUT2D eigenvalue weighted by Crippen LogP contribution is 2.19. The molecule has 6 nitrogen and oxygen atoms in total. The SMILES string of the molecule is O=C(CSc1cccc(C(=O)O)c1)NC1CCS(=O)(=O)C1. The van der Waals surface area contributed by atoms with E-state index in [1.165, 1.54) is 23.9 Å². The molecule has 0 saturated carbocycles. The lowest BCUT2D eigenvalue weighted by Gasteiger charge is -2.10. The molecule has 1 aromatic rings. The van der Waals surface area contributed by atoms with E-state index in [2.05, 4.69) is 5.32 Å². The summed E-state index contributed by atoms with van der Waals surface area (Å²) in [5.74, 6) is -1.02. The number of carboxylic acids is 1. The van der Waals surface area contributed by atoms with Crippen molar-refractivity contribution >= 4 is 33.5 Å². The number of rotatable bonds is 5. The Hall–Kier alpha value is -1.54. The van der Waals surface area contributed by atoms with Crippen LogP contribution in [0, 0.1) is 0 Å². The van der Waals surface area contributed by atoms with Crippen molar-refractivity contribution in [1.82, 2.24) is 5.32 Å². The fourth-order valence-corrected chi connectivity index (χ4v) is 4.49. The molecule has 1 heterocycles. The molecular formula is C13H15NO5S2. The monoisotopic (exact) mass is 329 g/mol. The molecule has 2 N–H and O–H groups in total. The van der Waals surface area contributed by atoms with Crippen LogP contribution in [0.5, 0.6) is 0 Å². The van der Waals surface area contributed by atoms with Gasteiger partial charge in [-0.2, -0.15) is 0 Å². The van der Waals surface area contributed by atoms with Gasteiger partial charge < -0.3 is 10.4 Å². The predicted molar refractivity (Wildman–Crippen MR) is 79.3 cm³/mol. The Morgan fingerprint density at radius 1 is 1.38 bits per heavy atom. The van der Waals surface area contributed by atoms with Crippen LogP contribution in [-0.4, -0.2) is 48.7 Å². The van der Waals surface area contributed by atoms with Gasteiger partial charge in [-0.15, -0.1) is 11.8 Å². The van der Waals surface area contributed by atoms with Gasteiger partial charge in [-0.1, -0.05) is 6.07 Å². The molecular weight excluding hydrogens is 314 g/mol. The quantitative estimate of drug-likeness (QED) is 0.774. The second kappa shape index (κ2) is 6.48. The molecule has 2 rings (SSSR count). The second-order valence-corrected chi connectivity index (χ2v) is 8.07. The molecule has 0 radical (unpaired) electrons. The topological polar surface area (TPSA) is 101 Å². The minimum atomic E-state index is -3.01. The van der Waals surface area contributed by atoms with Gasteiger partial charge in [0.15, 0.2) is 9.84 Å².